The molecule has 3 rings (SSSR count). The van der Waals surface area contributed by atoms with Crippen LogP contribution in [0.25, 0.3) is 0 Å². The van der Waals surface area contributed by atoms with E-state index in [0.717, 1.165) is 11.3 Å². The van der Waals surface area contributed by atoms with Gasteiger partial charge in [-0.1, -0.05) is 12.1 Å². The molecule has 2 aliphatic rings. The molecule has 4 nitrogen and oxygen atoms in total. The van der Waals surface area contributed by atoms with Crippen LogP contribution >= 0.6 is 0 Å². The molecule has 0 aromatic heterocycles. The molecule has 0 radical (unpaired) electrons. The van der Waals surface area contributed by atoms with Gasteiger partial charge in [0.1, 0.15) is 0 Å². The van der Waals surface area contributed by atoms with Crippen LogP contribution in [0, 0.1) is 6.92 Å². The Bertz CT molecular complexity index is 521. The van der Waals surface area contributed by atoms with Gasteiger partial charge in [-0.25, -0.2) is 4.79 Å². The summed E-state index contributed by atoms with van der Waals surface area (Å²) in [4.78, 5) is 24.7. The summed E-state index contributed by atoms with van der Waals surface area (Å²) in [5.41, 5.74) is 3.31. The fraction of sp³-hybridized carbons (Fsp3) is 0.429. The first-order valence-electron chi connectivity index (χ1n) is 6.37. The molecule has 3 amide bonds. The second-order valence-electron chi connectivity index (χ2n) is 5.08. The number of imide groups is 1. The van der Waals surface area contributed by atoms with E-state index in [0.29, 0.717) is 18.9 Å². The Morgan fingerprint density at radius 1 is 1.28 bits per heavy atom. The molecule has 18 heavy (non-hydrogen) atoms. The number of rotatable bonds is 2. The van der Waals surface area contributed by atoms with Crippen LogP contribution in [0.15, 0.2) is 18.2 Å². The Labute approximate surface area is 106 Å². The Morgan fingerprint density at radius 3 is 2.72 bits per heavy atom. The molecular weight excluding hydrogens is 228 g/mol. The summed E-state index contributed by atoms with van der Waals surface area (Å²) in [5.74, 6) is 0.478. The van der Waals surface area contributed by atoms with Crippen molar-refractivity contribution in [2.75, 3.05) is 11.4 Å². The minimum Gasteiger partial charge on any atom is -0.293 e. The molecule has 1 N–H and O–H groups in total. The van der Waals surface area contributed by atoms with Crippen molar-refractivity contribution in [3.05, 3.63) is 29.3 Å². The first kappa shape index (κ1) is 11.3. The molecule has 4 heteroatoms. The molecular formula is C14H16N2O2. The van der Waals surface area contributed by atoms with Gasteiger partial charge in [-0.2, -0.15) is 0 Å². The lowest BCUT2D eigenvalue weighted by Gasteiger charge is -2.28. The van der Waals surface area contributed by atoms with E-state index in [1.807, 2.05) is 6.92 Å². The number of benzene rings is 1. The summed E-state index contributed by atoms with van der Waals surface area (Å²) >= 11 is 0. The Hall–Kier alpha value is -1.84. The van der Waals surface area contributed by atoms with Crippen LogP contribution in [0.1, 0.15) is 36.3 Å². The molecule has 1 aromatic carbocycles. The van der Waals surface area contributed by atoms with Crippen molar-refractivity contribution >= 4 is 17.6 Å². The van der Waals surface area contributed by atoms with Crippen molar-refractivity contribution in [1.82, 2.24) is 5.32 Å². The molecule has 0 bridgehead atoms. The SMILES string of the molecule is Cc1ccc(C2CC2)cc1N1CCC(=O)NC1=O. The number of nitrogens with one attached hydrogen (secondary N) is 1. The molecule has 0 unspecified atom stereocenters. The van der Waals surface area contributed by atoms with Crippen molar-refractivity contribution < 1.29 is 9.59 Å². The smallest absolute Gasteiger partial charge is 0.293 e. The molecule has 1 aliphatic carbocycles. The normalized spacial score (nSPS) is 19.9. The molecule has 2 fully saturated rings. The van der Waals surface area contributed by atoms with Crippen LogP contribution in [0.2, 0.25) is 0 Å². The lowest BCUT2D eigenvalue weighted by molar-refractivity contribution is -0.120. The predicted molar refractivity (Wildman–Crippen MR) is 68.7 cm³/mol. The van der Waals surface area contributed by atoms with Crippen molar-refractivity contribution in [3.63, 3.8) is 0 Å². The fourth-order valence-corrected chi connectivity index (χ4v) is 2.38. The second kappa shape index (κ2) is 4.12. The number of urea groups is 1. The standard InChI is InChI=1S/C14H16N2O2/c1-9-2-3-11(10-4-5-10)8-12(9)16-7-6-13(17)15-14(16)18/h2-3,8,10H,4-7H2,1H3,(H,15,17,18). The van der Waals surface area contributed by atoms with Crippen LogP contribution in [0.3, 0.4) is 0 Å². The highest BCUT2D eigenvalue weighted by Crippen LogP contribution is 2.41. The van der Waals surface area contributed by atoms with E-state index < -0.39 is 0 Å². The highest BCUT2D eigenvalue weighted by Gasteiger charge is 2.28. The molecule has 1 saturated heterocycles. The first-order valence-corrected chi connectivity index (χ1v) is 6.37. The van der Waals surface area contributed by atoms with Crippen molar-refractivity contribution in [2.24, 2.45) is 0 Å². The quantitative estimate of drug-likeness (QED) is 0.868. The zero-order chi connectivity index (χ0) is 12.7. The zero-order valence-corrected chi connectivity index (χ0v) is 10.4. The van der Waals surface area contributed by atoms with Gasteiger partial charge in [0, 0.05) is 18.7 Å². The fourth-order valence-electron chi connectivity index (χ4n) is 2.38. The summed E-state index contributed by atoms with van der Waals surface area (Å²) in [6.45, 7) is 2.47. The summed E-state index contributed by atoms with van der Waals surface area (Å²) in [5, 5.41) is 2.37. The lowest BCUT2D eigenvalue weighted by Crippen LogP contribution is -2.49. The number of amides is 3. The number of hydrogen-bond donors (Lipinski definition) is 1. The molecule has 1 aromatic rings. The Balaban J connectivity index is 1.92. The third kappa shape index (κ3) is 1.98. The third-order valence-electron chi connectivity index (χ3n) is 3.63. The average molecular weight is 244 g/mol. The number of aryl methyl sites for hydroxylation is 1. The van der Waals surface area contributed by atoms with Crippen LogP contribution in [-0.4, -0.2) is 18.5 Å². The predicted octanol–water partition coefficient (Wildman–Crippen LogP) is 2.32. The van der Waals surface area contributed by atoms with Gasteiger partial charge in [0.05, 0.1) is 0 Å². The summed E-state index contributed by atoms with van der Waals surface area (Å²) in [6.07, 6.45) is 2.86. The number of anilines is 1. The summed E-state index contributed by atoms with van der Waals surface area (Å²) < 4.78 is 0. The topological polar surface area (TPSA) is 49.4 Å². The van der Waals surface area contributed by atoms with Gasteiger partial charge in [-0.05, 0) is 42.9 Å². The molecule has 94 valence electrons. The van der Waals surface area contributed by atoms with Gasteiger partial charge in [-0.3, -0.25) is 15.0 Å². The van der Waals surface area contributed by atoms with Gasteiger partial charge in [0.2, 0.25) is 5.91 Å². The molecule has 1 saturated carbocycles. The average Bonchev–Trinajstić information content (AvgIpc) is 3.14. The van der Waals surface area contributed by atoms with Crippen LogP contribution in [0.4, 0.5) is 10.5 Å². The van der Waals surface area contributed by atoms with E-state index in [2.05, 4.69) is 23.5 Å². The highest BCUT2D eigenvalue weighted by molar-refractivity contribution is 6.05. The largest absolute Gasteiger partial charge is 0.328 e. The van der Waals surface area contributed by atoms with E-state index in [1.165, 1.54) is 18.4 Å². The molecule has 1 heterocycles. The monoisotopic (exact) mass is 244 g/mol. The van der Waals surface area contributed by atoms with E-state index in [1.54, 1.807) is 4.90 Å². The summed E-state index contributed by atoms with van der Waals surface area (Å²) in [7, 11) is 0. The van der Waals surface area contributed by atoms with Crippen molar-refractivity contribution in [3.8, 4) is 0 Å². The van der Waals surface area contributed by atoms with E-state index in [-0.39, 0.29) is 11.9 Å². The van der Waals surface area contributed by atoms with Gasteiger partial charge < -0.3 is 0 Å². The second-order valence-corrected chi connectivity index (χ2v) is 5.08. The number of carbonyl (C=O) groups is 2. The minimum absolute atomic E-state index is 0.188. The van der Waals surface area contributed by atoms with Crippen LogP contribution in [0.5, 0.6) is 0 Å². The summed E-state index contributed by atoms with van der Waals surface area (Å²) in [6, 6.07) is 6.00. The van der Waals surface area contributed by atoms with Crippen molar-refractivity contribution in [2.45, 2.75) is 32.1 Å². The Kier molecular flexibility index (Phi) is 2.58. The van der Waals surface area contributed by atoms with Gasteiger partial charge in [0.25, 0.3) is 0 Å². The maximum atomic E-state index is 11.8. The number of nitrogens with zero attached hydrogens (tertiary/aromatic N) is 1. The minimum atomic E-state index is -0.303. The number of carbonyl (C=O) groups excluding carboxylic acids is 2. The zero-order valence-electron chi connectivity index (χ0n) is 10.4. The first-order chi connectivity index (χ1) is 8.65. The molecule has 1 aliphatic heterocycles. The van der Waals surface area contributed by atoms with Gasteiger partial charge in [0.15, 0.2) is 0 Å². The number of hydrogen-bond acceptors (Lipinski definition) is 2. The van der Waals surface area contributed by atoms with Crippen molar-refractivity contribution in [1.29, 1.82) is 0 Å². The van der Waals surface area contributed by atoms with E-state index >= 15 is 0 Å². The van der Waals surface area contributed by atoms with Crippen LogP contribution in [-0.2, 0) is 4.79 Å². The molecule has 0 atom stereocenters. The van der Waals surface area contributed by atoms with Gasteiger partial charge in [-0.15, -0.1) is 0 Å². The third-order valence-corrected chi connectivity index (χ3v) is 3.63. The van der Waals surface area contributed by atoms with E-state index in [9.17, 15) is 9.59 Å². The highest BCUT2D eigenvalue weighted by atomic mass is 16.2. The maximum absolute atomic E-state index is 11.8. The molecule has 0 spiro atoms. The Morgan fingerprint density at radius 2 is 2.06 bits per heavy atom. The van der Waals surface area contributed by atoms with Crippen LogP contribution < -0.4 is 10.2 Å². The maximum Gasteiger partial charge on any atom is 0.328 e. The van der Waals surface area contributed by atoms with E-state index in [4.69, 9.17) is 0 Å². The van der Waals surface area contributed by atoms with Gasteiger partial charge >= 0.3 is 6.03 Å². The lowest BCUT2D eigenvalue weighted by atomic mass is 10.1.